The highest BCUT2D eigenvalue weighted by Crippen LogP contribution is 2.28. The van der Waals surface area contributed by atoms with Crippen LogP contribution in [-0.2, 0) is 10.0 Å². The summed E-state index contributed by atoms with van der Waals surface area (Å²) in [5.41, 5.74) is 1.48. The van der Waals surface area contributed by atoms with Crippen molar-refractivity contribution >= 4 is 32.3 Å². The van der Waals surface area contributed by atoms with E-state index < -0.39 is 10.0 Å². The summed E-state index contributed by atoms with van der Waals surface area (Å²) >= 11 is 1.24. The van der Waals surface area contributed by atoms with Crippen molar-refractivity contribution in [3.05, 3.63) is 5.51 Å². The molecule has 0 spiro atoms. The van der Waals surface area contributed by atoms with Gasteiger partial charge < -0.3 is 10.6 Å². The summed E-state index contributed by atoms with van der Waals surface area (Å²) in [4.78, 5) is 3.76. The van der Waals surface area contributed by atoms with Crippen molar-refractivity contribution in [2.24, 2.45) is 4.40 Å². The minimum absolute atomic E-state index is 0.00167. The van der Waals surface area contributed by atoms with Gasteiger partial charge in [-0.05, 0) is 13.8 Å². The summed E-state index contributed by atoms with van der Waals surface area (Å²) in [6.07, 6.45) is 0. The monoisotopic (exact) mass is 246 g/mol. The highest BCUT2D eigenvalue weighted by atomic mass is 32.2. The van der Waals surface area contributed by atoms with Crippen molar-refractivity contribution < 1.29 is 8.42 Å². The summed E-state index contributed by atoms with van der Waals surface area (Å²) in [5.74, 6) is 0.252. The molecule has 0 fully saturated rings. The number of guanidine groups is 1. The maximum Gasteiger partial charge on any atom is 0.306 e. The minimum Gasteiger partial charge on any atom is -0.353 e. The van der Waals surface area contributed by atoms with E-state index in [2.05, 4.69) is 20.0 Å². The Hall–Kier alpha value is -1.15. The molecule has 0 aliphatic carbocycles. The quantitative estimate of drug-likeness (QED) is 0.758. The predicted octanol–water partition coefficient (Wildman–Crippen LogP) is 0.611. The molecule has 8 heteroatoms. The lowest BCUT2D eigenvalue weighted by Crippen LogP contribution is -2.38. The molecule has 0 atom stereocenters. The van der Waals surface area contributed by atoms with E-state index in [0.29, 0.717) is 5.00 Å². The molecule has 0 aromatic carbocycles. The molecule has 6 nitrogen and oxygen atoms in total. The molecular weight excluding hydrogens is 236 g/mol. The average Bonchev–Trinajstić information content (AvgIpc) is 2.49. The number of hydrogen-bond donors (Lipinski definition) is 2. The third kappa shape index (κ3) is 1.95. The van der Waals surface area contributed by atoms with E-state index in [1.165, 1.54) is 16.8 Å². The number of nitrogens with zero attached hydrogens (tertiary/aromatic N) is 2. The lowest BCUT2D eigenvalue weighted by atomic mass is 10.4. The number of anilines is 1. The van der Waals surface area contributed by atoms with Crippen molar-refractivity contribution in [2.75, 3.05) is 5.32 Å². The second-order valence-electron chi connectivity index (χ2n) is 3.33. The van der Waals surface area contributed by atoms with E-state index in [0.717, 1.165) is 0 Å². The van der Waals surface area contributed by atoms with Crippen LogP contribution in [0, 0.1) is 0 Å². The van der Waals surface area contributed by atoms with Gasteiger partial charge in [-0.25, -0.2) is 4.98 Å². The maximum absolute atomic E-state index is 11.6. The molecule has 1 aliphatic rings. The molecule has 0 saturated heterocycles. The highest BCUT2D eigenvalue weighted by Gasteiger charge is 2.27. The minimum atomic E-state index is -3.63. The van der Waals surface area contributed by atoms with Gasteiger partial charge in [0.25, 0.3) is 0 Å². The number of sulfonamides is 1. The van der Waals surface area contributed by atoms with E-state index in [1.807, 2.05) is 13.8 Å². The summed E-state index contributed by atoms with van der Waals surface area (Å²) in [6, 6.07) is 0.112. The lowest BCUT2D eigenvalue weighted by molar-refractivity contribution is 0.594. The molecule has 2 heterocycles. The van der Waals surface area contributed by atoms with Crippen LogP contribution in [0.15, 0.2) is 14.9 Å². The van der Waals surface area contributed by atoms with E-state index in [9.17, 15) is 8.42 Å². The number of rotatable bonds is 1. The Bertz CT molecular complexity index is 503. The van der Waals surface area contributed by atoms with Gasteiger partial charge in [-0.15, -0.1) is 15.7 Å². The van der Waals surface area contributed by atoms with Gasteiger partial charge in [-0.1, -0.05) is 0 Å². The standard InChI is InChI=1S/C7H10N4O2S2/c1-4(2)9-7-10-5-6(8-3-14-5)15(12,13)11-7/h3-4H,1-2H3,(H2,9,10,11). The molecule has 15 heavy (non-hydrogen) atoms. The maximum atomic E-state index is 11.6. The van der Waals surface area contributed by atoms with Crippen molar-refractivity contribution in [1.82, 2.24) is 10.3 Å². The zero-order chi connectivity index (χ0) is 11.1. The molecule has 0 bridgehead atoms. The molecule has 1 aromatic rings. The van der Waals surface area contributed by atoms with Crippen molar-refractivity contribution in [1.29, 1.82) is 0 Å². The second kappa shape index (κ2) is 3.46. The van der Waals surface area contributed by atoms with Crippen molar-refractivity contribution in [3.63, 3.8) is 0 Å². The van der Waals surface area contributed by atoms with Crippen LogP contribution in [0.2, 0.25) is 0 Å². The van der Waals surface area contributed by atoms with Gasteiger partial charge in [0.15, 0.2) is 0 Å². The summed E-state index contributed by atoms with van der Waals surface area (Å²) < 4.78 is 26.8. The van der Waals surface area contributed by atoms with E-state index >= 15 is 0 Å². The SMILES string of the molecule is CC(C)NC1=NS(=O)(=O)c2ncsc2N1. The Morgan fingerprint density at radius 2 is 2.27 bits per heavy atom. The van der Waals surface area contributed by atoms with Crippen LogP contribution in [0.25, 0.3) is 0 Å². The van der Waals surface area contributed by atoms with E-state index in [4.69, 9.17) is 0 Å². The zero-order valence-corrected chi connectivity index (χ0v) is 9.82. The number of thiazole rings is 1. The molecule has 1 aliphatic heterocycles. The first-order valence-electron chi connectivity index (χ1n) is 4.31. The first kappa shape index (κ1) is 10.4. The average molecular weight is 246 g/mol. The fourth-order valence-electron chi connectivity index (χ4n) is 1.13. The number of hydrogen-bond acceptors (Lipinski definition) is 6. The molecule has 0 saturated carbocycles. The molecule has 2 N–H and O–H groups in total. The normalized spacial score (nSPS) is 17.9. The van der Waals surface area contributed by atoms with Crippen LogP contribution < -0.4 is 10.6 Å². The van der Waals surface area contributed by atoms with E-state index in [1.54, 1.807) is 0 Å². The summed E-state index contributed by atoms with van der Waals surface area (Å²) in [5, 5.41) is 6.30. The van der Waals surface area contributed by atoms with Crippen LogP contribution in [0.3, 0.4) is 0 Å². The molecular formula is C7H10N4O2S2. The number of aromatic nitrogens is 1. The fraction of sp³-hybridized carbons (Fsp3) is 0.429. The largest absolute Gasteiger partial charge is 0.353 e. The first-order chi connectivity index (χ1) is 6.99. The number of nitrogens with one attached hydrogen (secondary N) is 2. The third-order valence-corrected chi connectivity index (χ3v) is 3.74. The van der Waals surface area contributed by atoms with Crippen LogP contribution in [0.4, 0.5) is 5.00 Å². The zero-order valence-electron chi connectivity index (χ0n) is 8.18. The highest BCUT2D eigenvalue weighted by molar-refractivity contribution is 7.90. The Balaban J connectivity index is 2.39. The van der Waals surface area contributed by atoms with Crippen LogP contribution in [-0.4, -0.2) is 25.4 Å². The van der Waals surface area contributed by atoms with Crippen molar-refractivity contribution in [2.45, 2.75) is 24.9 Å². The summed E-state index contributed by atoms with van der Waals surface area (Å²) in [6.45, 7) is 3.80. The van der Waals surface area contributed by atoms with Crippen LogP contribution in [0.1, 0.15) is 13.8 Å². The number of fused-ring (bicyclic) bond motifs is 1. The Morgan fingerprint density at radius 3 is 2.93 bits per heavy atom. The van der Waals surface area contributed by atoms with Crippen molar-refractivity contribution in [3.8, 4) is 0 Å². The Labute approximate surface area is 91.5 Å². The first-order valence-corrected chi connectivity index (χ1v) is 6.63. The molecule has 0 amide bonds. The van der Waals surface area contributed by atoms with Crippen LogP contribution in [0.5, 0.6) is 0 Å². The molecule has 0 radical (unpaired) electrons. The van der Waals surface area contributed by atoms with Gasteiger partial charge in [0.2, 0.25) is 11.0 Å². The van der Waals surface area contributed by atoms with Gasteiger partial charge in [0.1, 0.15) is 5.00 Å². The molecule has 1 aromatic heterocycles. The van der Waals surface area contributed by atoms with Gasteiger partial charge in [0.05, 0.1) is 5.51 Å². The molecule has 0 unspecified atom stereocenters. The Kier molecular flexibility index (Phi) is 2.39. The molecule has 2 rings (SSSR count). The van der Waals surface area contributed by atoms with Gasteiger partial charge in [-0.3, -0.25) is 0 Å². The van der Waals surface area contributed by atoms with E-state index in [-0.39, 0.29) is 17.0 Å². The topological polar surface area (TPSA) is 83.5 Å². The second-order valence-corrected chi connectivity index (χ2v) is 5.70. The predicted molar refractivity (Wildman–Crippen MR) is 58.6 cm³/mol. The Morgan fingerprint density at radius 1 is 1.53 bits per heavy atom. The van der Waals surface area contributed by atoms with Gasteiger partial charge in [0, 0.05) is 6.04 Å². The lowest BCUT2D eigenvalue weighted by Gasteiger charge is -2.17. The third-order valence-electron chi connectivity index (χ3n) is 1.65. The smallest absolute Gasteiger partial charge is 0.306 e. The molecule has 82 valence electrons. The fourth-order valence-corrected chi connectivity index (χ4v) is 3.13. The van der Waals surface area contributed by atoms with Gasteiger partial charge in [-0.2, -0.15) is 8.42 Å². The summed E-state index contributed by atoms with van der Waals surface area (Å²) in [7, 11) is -3.63. The van der Waals surface area contributed by atoms with Gasteiger partial charge >= 0.3 is 10.0 Å². The van der Waals surface area contributed by atoms with Crippen LogP contribution >= 0.6 is 11.3 Å².